The van der Waals surface area contributed by atoms with Gasteiger partial charge in [0, 0.05) is 5.56 Å². The lowest BCUT2D eigenvalue weighted by Crippen LogP contribution is -2.41. The van der Waals surface area contributed by atoms with Crippen LogP contribution in [0, 0.1) is 5.92 Å². The molecule has 1 heterocycles. The quantitative estimate of drug-likeness (QED) is 0.125. The minimum atomic E-state index is -0.496. The summed E-state index contributed by atoms with van der Waals surface area (Å²) >= 11 is 0. The summed E-state index contributed by atoms with van der Waals surface area (Å²) < 4.78 is 5.83. The van der Waals surface area contributed by atoms with E-state index in [0.29, 0.717) is 24.4 Å². The summed E-state index contributed by atoms with van der Waals surface area (Å²) in [6, 6.07) is 23.7. The number of nitrogens with zero attached hydrogens (tertiary/aromatic N) is 1. The topological polar surface area (TPSA) is 94.8 Å². The largest absolute Gasteiger partial charge is 0.460 e. The van der Waals surface area contributed by atoms with Crippen molar-refractivity contribution in [1.29, 1.82) is 0 Å². The summed E-state index contributed by atoms with van der Waals surface area (Å²) in [5.41, 5.74) is 2.20. The first-order valence-electron chi connectivity index (χ1n) is 10.7. The fourth-order valence-corrected chi connectivity index (χ4v) is 3.48. The van der Waals surface area contributed by atoms with Crippen LogP contribution in [-0.2, 0) is 22.6 Å². The minimum absolute atomic E-state index is 0.0389. The molecule has 1 aromatic heterocycles. The van der Waals surface area contributed by atoms with E-state index >= 15 is 0 Å². The number of nitrogens with one attached hydrogen (secondary N) is 2. The molecule has 0 saturated carbocycles. The van der Waals surface area contributed by atoms with E-state index in [9.17, 15) is 14.8 Å². The zero-order valence-electron chi connectivity index (χ0n) is 17.9. The van der Waals surface area contributed by atoms with Gasteiger partial charge < -0.3 is 9.73 Å². The molecule has 7 heteroatoms. The van der Waals surface area contributed by atoms with E-state index in [2.05, 4.69) is 10.6 Å². The molecule has 3 rings (SSSR count). The summed E-state index contributed by atoms with van der Waals surface area (Å²) in [4.78, 5) is 23.4. The zero-order valence-corrected chi connectivity index (χ0v) is 17.9. The maximum Gasteiger partial charge on any atom is 0.233 e. The molecule has 0 aliphatic carbocycles. The molecule has 0 aliphatic heterocycles. The first-order chi connectivity index (χ1) is 15.7. The molecule has 0 fully saturated rings. The minimum Gasteiger partial charge on any atom is -0.460 e. The highest BCUT2D eigenvalue weighted by molar-refractivity contribution is 5.79. The van der Waals surface area contributed by atoms with Gasteiger partial charge in [-0.05, 0) is 37.0 Å². The average molecular weight is 436 g/mol. The number of carbonyl (C=O) groups is 2. The summed E-state index contributed by atoms with van der Waals surface area (Å²) in [6.45, 7) is 0.677. The summed E-state index contributed by atoms with van der Waals surface area (Å²) in [6.07, 6.45) is 2.48. The molecule has 3 aromatic rings. The lowest BCUT2D eigenvalue weighted by Gasteiger charge is -2.19. The number of rotatable bonds is 13. The molecule has 0 spiro atoms. The van der Waals surface area contributed by atoms with Gasteiger partial charge in [0.25, 0.3) is 0 Å². The van der Waals surface area contributed by atoms with E-state index in [1.54, 1.807) is 0 Å². The van der Waals surface area contributed by atoms with Crippen molar-refractivity contribution in [1.82, 2.24) is 15.7 Å². The highest BCUT2D eigenvalue weighted by atomic mass is 16.5. The number of furan rings is 1. The predicted octanol–water partition coefficient (Wildman–Crippen LogP) is 3.60. The van der Waals surface area contributed by atoms with Crippen LogP contribution < -0.4 is 10.6 Å². The van der Waals surface area contributed by atoms with Gasteiger partial charge in [-0.2, -0.15) is 0 Å². The Labute approximate surface area is 188 Å². The molecule has 1 unspecified atom stereocenters. The standard InChI is InChI=1S/C25H29N3O4/c29-19-28(31)17-22(13-7-10-20-8-3-1-4-9-20)25(30)27-18-26-16-23-14-15-24(32-23)21-11-5-2-6-12-21/h1-6,8-9,11-12,14-15,19,22,26,31H,7,10,13,16-18H2,(H,27,30). The maximum atomic E-state index is 12.6. The van der Waals surface area contributed by atoms with Gasteiger partial charge in [0.2, 0.25) is 12.3 Å². The highest BCUT2D eigenvalue weighted by Gasteiger charge is 2.20. The Morgan fingerprint density at radius 1 is 1.03 bits per heavy atom. The van der Waals surface area contributed by atoms with Gasteiger partial charge in [0.1, 0.15) is 11.5 Å². The van der Waals surface area contributed by atoms with Crippen molar-refractivity contribution in [2.24, 2.45) is 5.92 Å². The molecule has 3 N–H and O–H groups in total. The predicted molar refractivity (Wildman–Crippen MR) is 121 cm³/mol. The maximum absolute atomic E-state index is 12.6. The molecular formula is C25H29N3O4. The second-order valence-corrected chi connectivity index (χ2v) is 7.58. The second kappa shape index (κ2) is 12.4. The van der Waals surface area contributed by atoms with Crippen molar-refractivity contribution in [2.45, 2.75) is 25.8 Å². The van der Waals surface area contributed by atoms with Crippen LogP contribution in [0.4, 0.5) is 0 Å². The Morgan fingerprint density at radius 2 is 1.75 bits per heavy atom. The van der Waals surface area contributed by atoms with Crippen LogP contribution in [0.25, 0.3) is 11.3 Å². The van der Waals surface area contributed by atoms with Crippen molar-refractivity contribution in [3.8, 4) is 11.3 Å². The van der Waals surface area contributed by atoms with Gasteiger partial charge in [0.05, 0.1) is 25.7 Å². The number of hydroxylamine groups is 2. The molecule has 0 saturated heterocycles. The van der Waals surface area contributed by atoms with Crippen molar-refractivity contribution < 1.29 is 19.2 Å². The van der Waals surface area contributed by atoms with E-state index in [1.165, 1.54) is 5.56 Å². The molecule has 2 aromatic carbocycles. The lowest BCUT2D eigenvalue weighted by molar-refractivity contribution is -0.154. The number of aryl methyl sites for hydroxylation is 1. The number of amides is 2. The first-order valence-corrected chi connectivity index (χ1v) is 10.7. The van der Waals surface area contributed by atoms with Crippen LogP contribution in [0.2, 0.25) is 0 Å². The molecule has 2 amide bonds. The normalized spacial score (nSPS) is 11.7. The van der Waals surface area contributed by atoms with Crippen LogP contribution in [0.15, 0.2) is 77.2 Å². The smallest absolute Gasteiger partial charge is 0.233 e. The monoisotopic (exact) mass is 435 g/mol. The summed E-state index contributed by atoms with van der Waals surface area (Å²) in [5, 5.41) is 16.0. The van der Waals surface area contributed by atoms with Crippen LogP contribution in [0.5, 0.6) is 0 Å². The Bertz CT molecular complexity index is 960. The van der Waals surface area contributed by atoms with E-state index in [1.807, 2.05) is 72.8 Å². The van der Waals surface area contributed by atoms with Gasteiger partial charge in [-0.15, -0.1) is 0 Å². The number of hydrogen-bond donors (Lipinski definition) is 3. The number of hydrogen-bond acceptors (Lipinski definition) is 5. The third-order valence-electron chi connectivity index (χ3n) is 5.17. The van der Waals surface area contributed by atoms with Crippen molar-refractivity contribution >= 4 is 12.3 Å². The Morgan fingerprint density at radius 3 is 2.47 bits per heavy atom. The van der Waals surface area contributed by atoms with E-state index in [-0.39, 0.29) is 19.1 Å². The molecule has 1 atom stereocenters. The molecule has 32 heavy (non-hydrogen) atoms. The van der Waals surface area contributed by atoms with Crippen molar-refractivity contribution in [2.75, 3.05) is 13.2 Å². The summed E-state index contributed by atoms with van der Waals surface area (Å²) in [7, 11) is 0. The van der Waals surface area contributed by atoms with E-state index in [4.69, 9.17) is 4.42 Å². The fourth-order valence-electron chi connectivity index (χ4n) is 3.48. The highest BCUT2D eigenvalue weighted by Crippen LogP contribution is 2.21. The SMILES string of the molecule is O=CN(O)CC(CCCc1ccccc1)C(=O)NCNCc1ccc(-c2ccccc2)o1. The molecule has 168 valence electrons. The van der Waals surface area contributed by atoms with Crippen molar-refractivity contribution in [3.05, 3.63) is 84.1 Å². The Balaban J connectivity index is 1.43. The van der Waals surface area contributed by atoms with Gasteiger partial charge in [-0.25, -0.2) is 5.06 Å². The van der Waals surface area contributed by atoms with E-state index < -0.39 is 5.92 Å². The van der Waals surface area contributed by atoms with Crippen LogP contribution in [0.3, 0.4) is 0 Å². The van der Waals surface area contributed by atoms with Crippen LogP contribution >= 0.6 is 0 Å². The molecule has 0 bridgehead atoms. The first kappa shape index (κ1) is 23.2. The third kappa shape index (κ3) is 7.37. The third-order valence-corrected chi connectivity index (χ3v) is 5.17. The molecule has 0 radical (unpaired) electrons. The fraction of sp³-hybridized carbons (Fsp3) is 0.280. The lowest BCUT2D eigenvalue weighted by atomic mass is 9.98. The van der Waals surface area contributed by atoms with Gasteiger partial charge in [-0.1, -0.05) is 60.7 Å². The Kier molecular flexibility index (Phi) is 9.04. The zero-order chi connectivity index (χ0) is 22.6. The van der Waals surface area contributed by atoms with Crippen molar-refractivity contribution in [3.63, 3.8) is 0 Å². The number of carbonyl (C=O) groups excluding carboxylic acids is 2. The number of benzene rings is 2. The van der Waals surface area contributed by atoms with Gasteiger partial charge in [-0.3, -0.25) is 20.1 Å². The molecule has 0 aliphatic rings. The molecular weight excluding hydrogens is 406 g/mol. The Hall–Kier alpha value is -3.42. The second-order valence-electron chi connectivity index (χ2n) is 7.58. The summed E-state index contributed by atoms with van der Waals surface area (Å²) in [5.74, 6) is 0.849. The van der Waals surface area contributed by atoms with E-state index in [0.717, 1.165) is 29.9 Å². The average Bonchev–Trinajstić information content (AvgIpc) is 3.31. The van der Waals surface area contributed by atoms with Gasteiger partial charge in [0.15, 0.2) is 0 Å². The van der Waals surface area contributed by atoms with Crippen LogP contribution in [0.1, 0.15) is 24.2 Å². The molecule has 7 nitrogen and oxygen atoms in total. The van der Waals surface area contributed by atoms with Crippen LogP contribution in [-0.4, -0.2) is 35.8 Å². The van der Waals surface area contributed by atoms with Gasteiger partial charge >= 0.3 is 0 Å².